The van der Waals surface area contributed by atoms with Crippen LogP contribution in [0.25, 0.3) is 0 Å². The fourth-order valence-electron chi connectivity index (χ4n) is 4.38. The lowest BCUT2D eigenvalue weighted by molar-refractivity contribution is 0.133. The Labute approximate surface area is 138 Å². The number of hydrogen-bond donors (Lipinski definition) is 0. The van der Waals surface area contributed by atoms with E-state index < -0.39 is 16.1 Å². The van der Waals surface area contributed by atoms with Crippen LogP contribution in [0.5, 0.6) is 0 Å². The minimum absolute atomic E-state index is 0.796. The first-order valence-corrected chi connectivity index (χ1v) is 14.5. The molecule has 2 rings (SSSR count). The summed E-state index contributed by atoms with van der Waals surface area (Å²) >= 11 is 0. The van der Waals surface area contributed by atoms with E-state index in [-0.39, 0.29) is 0 Å². The van der Waals surface area contributed by atoms with Gasteiger partial charge in [-0.1, -0.05) is 77.8 Å². The Morgan fingerprint density at radius 3 is 1.23 bits per heavy atom. The molecule has 0 N–H and O–H groups in total. The van der Waals surface area contributed by atoms with Gasteiger partial charge < -0.3 is 9.15 Å². The smallest absolute Gasteiger partial charge is 0.132 e. The lowest BCUT2D eigenvalue weighted by Crippen LogP contribution is -2.49. The van der Waals surface area contributed by atoms with E-state index in [0.29, 0.717) is 0 Å². The van der Waals surface area contributed by atoms with Gasteiger partial charge in [0.1, 0.15) is 16.1 Å². The van der Waals surface area contributed by atoms with Gasteiger partial charge in [-0.15, -0.1) is 0 Å². The molecule has 0 saturated carbocycles. The molecule has 0 saturated heterocycles. The van der Waals surface area contributed by atoms with E-state index >= 15 is 0 Å². The predicted octanol–water partition coefficient (Wildman–Crippen LogP) is 4.74. The van der Waals surface area contributed by atoms with E-state index in [1.165, 1.54) is 58.2 Å². The van der Waals surface area contributed by atoms with Crippen LogP contribution in [0.1, 0.15) is 52.7 Å². The minimum Gasteiger partial charge on any atom is -0.476 e. The second-order valence-corrected chi connectivity index (χ2v) is 17.2. The van der Waals surface area contributed by atoms with E-state index in [2.05, 4.69) is 41.5 Å². The van der Waals surface area contributed by atoms with E-state index in [0.717, 1.165) is 13.2 Å². The Kier molecular flexibility index (Phi) is 5.78. The zero-order chi connectivity index (χ0) is 16.4. The Morgan fingerprint density at radius 2 is 0.955 bits per heavy atom. The summed E-state index contributed by atoms with van der Waals surface area (Å²) in [5, 5.41) is 2.82. The summed E-state index contributed by atoms with van der Waals surface area (Å²) in [6.45, 7) is 15.8. The standard InChI is InChI=1S/C18H34O2Si2/c1-7-21(8-2,9-3)17-15-13-19-14-16(15)18(20-17)22(10-4,11-5)12-6/h7-14H2,1-6H3. The molecule has 126 valence electrons. The van der Waals surface area contributed by atoms with E-state index in [1.54, 1.807) is 0 Å². The number of ether oxygens (including phenoxy) is 1. The molecule has 0 aromatic carbocycles. The van der Waals surface area contributed by atoms with Gasteiger partial charge in [0.05, 0.1) is 24.0 Å². The van der Waals surface area contributed by atoms with Crippen molar-refractivity contribution in [3.05, 3.63) is 11.1 Å². The minimum atomic E-state index is -1.47. The third-order valence-corrected chi connectivity index (χ3v) is 17.5. The molecule has 0 unspecified atom stereocenters. The van der Waals surface area contributed by atoms with Crippen LogP contribution in [0.2, 0.25) is 36.3 Å². The highest BCUT2D eigenvalue weighted by Gasteiger charge is 2.44. The normalized spacial score (nSPS) is 15.4. The highest BCUT2D eigenvalue weighted by Crippen LogP contribution is 2.31. The molecule has 4 heteroatoms. The summed E-state index contributed by atoms with van der Waals surface area (Å²) in [4.78, 5) is 0. The molecule has 0 aliphatic carbocycles. The van der Waals surface area contributed by atoms with Gasteiger partial charge >= 0.3 is 0 Å². The Bertz CT molecular complexity index is 440. The summed E-state index contributed by atoms with van der Waals surface area (Å²) in [5.74, 6) is 0. The molecule has 22 heavy (non-hydrogen) atoms. The van der Waals surface area contributed by atoms with Crippen molar-refractivity contribution in [2.75, 3.05) is 0 Å². The van der Waals surface area contributed by atoms with Gasteiger partial charge in [0.2, 0.25) is 0 Å². The molecule has 1 aliphatic heterocycles. The second-order valence-electron chi connectivity index (χ2n) is 6.89. The Hall–Kier alpha value is -0.326. The first-order valence-electron chi connectivity index (χ1n) is 9.31. The molecule has 1 aliphatic rings. The van der Waals surface area contributed by atoms with E-state index in [9.17, 15) is 0 Å². The Balaban J connectivity index is 2.63. The molecule has 0 fully saturated rings. The van der Waals surface area contributed by atoms with Crippen molar-refractivity contribution >= 4 is 26.9 Å². The van der Waals surface area contributed by atoms with Crippen molar-refractivity contribution in [3.63, 3.8) is 0 Å². The summed E-state index contributed by atoms with van der Waals surface area (Å²) in [7, 11) is -2.94. The van der Waals surface area contributed by atoms with Crippen LogP contribution in [-0.4, -0.2) is 16.1 Å². The summed E-state index contributed by atoms with van der Waals surface area (Å²) in [6.07, 6.45) is 0. The number of rotatable bonds is 8. The maximum atomic E-state index is 6.81. The van der Waals surface area contributed by atoms with Crippen molar-refractivity contribution in [2.45, 2.75) is 91.0 Å². The summed E-state index contributed by atoms with van der Waals surface area (Å²) < 4.78 is 12.7. The Morgan fingerprint density at radius 1 is 0.636 bits per heavy atom. The molecule has 0 amide bonds. The first kappa shape index (κ1) is 18.0. The number of hydrogen-bond acceptors (Lipinski definition) is 2. The average molecular weight is 339 g/mol. The summed E-state index contributed by atoms with van der Waals surface area (Å²) in [5.41, 5.74) is 2.94. The second kappa shape index (κ2) is 7.06. The molecule has 0 radical (unpaired) electrons. The van der Waals surface area contributed by atoms with Crippen LogP contribution in [0.15, 0.2) is 4.42 Å². The monoisotopic (exact) mass is 338 g/mol. The van der Waals surface area contributed by atoms with Crippen molar-refractivity contribution in [1.82, 2.24) is 0 Å². The number of furan rings is 1. The van der Waals surface area contributed by atoms with Crippen LogP contribution in [0.3, 0.4) is 0 Å². The van der Waals surface area contributed by atoms with Crippen LogP contribution < -0.4 is 10.8 Å². The van der Waals surface area contributed by atoms with E-state index in [4.69, 9.17) is 9.15 Å². The molecule has 1 aromatic heterocycles. The molecular formula is C18H34O2Si2. The largest absolute Gasteiger partial charge is 0.476 e. The van der Waals surface area contributed by atoms with Gasteiger partial charge in [0.25, 0.3) is 0 Å². The molecule has 2 heterocycles. The third kappa shape index (κ3) is 2.57. The van der Waals surface area contributed by atoms with E-state index in [1.807, 2.05) is 0 Å². The molecule has 1 aromatic rings. The molecule has 0 bridgehead atoms. The van der Waals surface area contributed by atoms with Crippen molar-refractivity contribution in [1.29, 1.82) is 0 Å². The van der Waals surface area contributed by atoms with Crippen LogP contribution in [-0.2, 0) is 18.0 Å². The van der Waals surface area contributed by atoms with Crippen LogP contribution >= 0.6 is 0 Å². The van der Waals surface area contributed by atoms with Crippen molar-refractivity contribution < 1.29 is 9.15 Å². The zero-order valence-corrected chi connectivity index (χ0v) is 17.5. The molecule has 0 spiro atoms. The lowest BCUT2D eigenvalue weighted by Gasteiger charge is -2.29. The first-order chi connectivity index (χ1) is 10.6. The fraction of sp³-hybridized carbons (Fsp3) is 0.778. The lowest BCUT2D eigenvalue weighted by atomic mass is 10.2. The van der Waals surface area contributed by atoms with Crippen molar-refractivity contribution in [3.8, 4) is 0 Å². The van der Waals surface area contributed by atoms with Crippen LogP contribution in [0, 0.1) is 0 Å². The highest BCUT2D eigenvalue weighted by atomic mass is 28.3. The van der Waals surface area contributed by atoms with Crippen LogP contribution in [0.4, 0.5) is 0 Å². The molecule has 0 atom stereocenters. The fourth-order valence-corrected chi connectivity index (χ4v) is 11.8. The van der Waals surface area contributed by atoms with Gasteiger partial charge in [-0.3, -0.25) is 0 Å². The van der Waals surface area contributed by atoms with Gasteiger partial charge in [0, 0.05) is 11.1 Å². The average Bonchev–Trinajstić information content (AvgIpc) is 3.16. The third-order valence-electron chi connectivity index (χ3n) is 6.63. The molecule has 2 nitrogen and oxygen atoms in total. The van der Waals surface area contributed by atoms with Gasteiger partial charge in [-0.05, 0) is 0 Å². The highest BCUT2D eigenvalue weighted by molar-refractivity contribution is 6.93. The van der Waals surface area contributed by atoms with Gasteiger partial charge in [-0.25, -0.2) is 0 Å². The molecular weight excluding hydrogens is 304 g/mol. The topological polar surface area (TPSA) is 22.4 Å². The maximum Gasteiger partial charge on any atom is 0.132 e. The maximum absolute atomic E-state index is 6.81. The SMILES string of the molecule is CC[Si](CC)(CC)c1oc([Si](CC)(CC)CC)c2c1COC2. The van der Waals surface area contributed by atoms with Gasteiger partial charge in [0.15, 0.2) is 0 Å². The van der Waals surface area contributed by atoms with Gasteiger partial charge in [-0.2, -0.15) is 0 Å². The summed E-state index contributed by atoms with van der Waals surface area (Å²) in [6, 6.07) is 7.74. The quantitative estimate of drug-likeness (QED) is 0.639. The number of fused-ring (bicyclic) bond motifs is 1. The predicted molar refractivity (Wildman–Crippen MR) is 101 cm³/mol. The van der Waals surface area contributed by atoms with Crippen molar-refractivity contribution in [2.24, 2.45) is 0 Å². The zero-order valence-electron chi connectivity index (χ0n) is 15.5.